The van der Waals surface area contributed by atoms with E-state index in [0.29, 0.717) is 32.7 Å². The van der Waals surface area contributed by atoms with Crippen LogP contribution in [0.2, 0.25) is 0 Å². The van der Waals surface area contributed by atoms with Gasteiger partial charge in [0.2, 0.25) is 0 Å². The van der Waals surface area contributed by atoms with E-state index in [-0.39, 0.29) is 11.4 Å². The zero-order chi connectivity index (χ0) is 22.3. The third-order valence-corrected chi connectivity index (χ3v) is 8.31. The first-order valence-electron chi connectivity index (χ1n) is 9.42. The van der Waals surface area contributed by atoms with E-state index in [4.69, 9.17) is 0 Å². The molecule has 0 saturated carbocycles. The maximum Gasteiger partial charge on any atom is 0.323 e. The molecule has 0 saturated heterocycles. The Morgan fingerprint density at radius 3 is 2.48 bits per heavy atom. The molecule has 9 heteroatoms. The lowest BCUT2D eigenvalue weighted by Gasteiger charge is -2.18. The molecular weight excluding hydrogens is 439 g/mol. The molecule has 4 aromatic rings. The fraction of sp³-hybridized carbons (Fsp3) is 0.182. The molecular formula is C22H19FN2O4S2. The van der Waals surface area contributed by atoms with Gasteiger partial charge in [0, 0.05) is 27.0 Å². The molecule has 160 valence electrons. The Labute approximate surface area is 182 Å². The SMILES string of the molecule is Cc1cc(C(c2c(C)n(CC(=O)O)c3ccc(F)cc23)S(=O)(=O)c2ccccc2)sn1. The van der Waals surface area contributed by atoms with Crippen molar-refractivity contribution >= 4 is 38.2 Å². The monoisotopic (exact) mass is 458 g/mol. The highest BCUT2D eigenvalue weighted by Gasteiger charge is 2.36. The Hall–Kier alpha value is -3.04. The normalized spacial score (nSPS) is 12.9. The van der Waals surface area contributed by atoms with Crippen molar-refractivity contribution in [1.82, 2.24) is 8.94 Å². The summed E-state index contributed by atoms with van der Waals surface area (Å²) in [5.41, 5.74) is 1.96. The van der Waals surface area contributed by atoms with Crippen LogP contribution in [-0.2, 0) is 21.2 Å². The number of benzene rings is 2. The van der Waals surface area contributed by atoms with E-state index in [1.165, 1.54) is 34.9 Å². The highest BCUT2D eigenvalue weighted by Crippen LogP contribution is 2.43. The molecule has 2 aromatic heterocycles. The molecule has 0 fully saturated rings. The van der Waals surface area contributed by atoms with E-state index < -0.39 is 26.9 Å². The third kappa shape index (κ3) is 3.75. The Morgan fingerprint density at radius 1 is 1.16 bits per heavy atom. The first-order valence-corrected chi connectivity index (χ1v) is 11.7. The molecule has 0 bridgehead atoms. The van der Waals surface area contributed by atoms with Gasteiger partial charge in [0.05, 0.1) is 10.6 Å². The molecule has 4 rings (SSSR count). The number of aromatic nitrogens is 2. The van der Waals surface area contributed by atoms with E-state index in [1.807, 2.05) is 0 Å². The maximum atomic E-state index is 14.2. The molecule has 1 unspecified atom stereocenters. The van der Waals surface area contributed by atoms with Crippen molar-refractivity contribution < 1.29 is 22.7 Å². The van der Waals surface area contributed by atoms with Crippen LogP contribution in [0, 0.1) is 19.7 Å². The summed E-state index contributed by atoms with van der Waals surface area (Å²) in [5, 5.41) is 8.61. The Morgan fingerprint density at radius 2 is 1.87 bits per heavy atom. The maximum absolute atomic E-state index is 14.2. The largest absolute Gasteiger partial charge is 0.480 e. The summed E-state index contributed by atoms with van der Waals surface area (Å²) in [6.07, 6.45) is 0. The number of fused-ring (bicyclic) bond motifs is 1. The van der Waals surface area contributed by atoms with Crippen LogP contribution in [0.4, 0.5) is 4.39 Å². The van der Waals surface area contributed by atoms with Gasteiger partial charge < -0.3 is 9.67 Å². The lowest BCUT2D eigenvalue weighted by molar-refractivity contribution is -0.137. The summed E-state index contributed by atoms with van der Waals surface area (Å²) in [6, 6.07) is 13.7. The standard InChI is InChI=1S/C22H19FN2O4S2/c1-13-10-19(30-24-13)22(31(28,29)16-6-4-3-5-7-16)21-14(2)25(12-20(26)27)18-9-8-15(23)11-17(18)21/h3-11,22H,12H2,1-2H3,(H,26,27). The first-order chi connectivity index (χ1) is 14.7. The zero-order valence-corrected chi connectivity index (χ0v) is 18.4. The van der Waals surface area contributed by atoms with Crippen LogP contribution in [0.3, 0.4) is 0 Å². The highest BCUT2D eigenvalue weighted by atomic mass is 32.2. The van der Waals surface area contributed by atoms with Gasteiger partial charge in [0.25, 0.3) is 0 Å². The lowest BCUT2D eigenvalue weighted by atomic mass is 10.1. The minimum atomic E-state index is -3.95. The molecule has 0 radical (unpaired) electrons. The Balaban J connectivity index is 2.08. The second-order valence-electron chi connectivity index (χ2n) is 7.25. The average molecular weight is 459 g/mol. The number of carboxylic acid groups (broad SMARTS) is 1. The van der Waals surface area contributed by atoms with Crippen LogP contribution in [0.15, 0.2) is 59.5 Å². The van der Waals surface area contributed by atoms with E-state index in [2.05, 4.69) is 4.37 Å². The van der Waals surface area contributed by atoms with Gasteiger partial charge in [0.1, 0.15) is 17.6 Å². The summed E-state index contributed by atoms with van der Waals surface area (Å²) >= 11 is 1.07. The van der Waals surface area contributed by atoms with Crippen LogP contribution in [0.1, 0.15) is 27.1 Å². The topological polar surface area (TPSA) is 89.3 Å². The minimum absolute atomic E-state index is 0.126. The predicted molar refractivity (Wildman–Crippen MR) is 117 cm³/mol. The van der Waals surface area contributed by atoms with E-state index in [0.717, 1.165) is 11.5 Å². The molecule has 1 atom stereocenters. The second-order valence-corrected chi connectivity index (χ2v) is 10.1. The number of hydrogen-bond donors (Lipinski definition) is 1. The second kappa shape index (κ2) is 7.90. The van der Waals surface area contributed by atoms with E-state index >= 15 is 0 Å². The molecule has 2 aromatic carbocycles. The Bertz CT molecular complexity index is 1390. The number of sulfone groups is 1. The number of carboxylic acids is 1. The van der Waals surface area contributed by atoms with Gasteiger partial charge in [-0.1, -0.05) is 18.2 Å². The van der Waals surface area contributed by atoms with Gasteiger partial charge in [-0.05, 0) is 61.8 Å². The van der Waals surface area contributed by atoms with Crippen molar-refractivity contribution in [3.05, 3.63) is 82.2 Å². The van der Waals surface area contributed by atoms with Gasteiger partial charge in [0.15, 0.2) is 9.84 Å². The van der Waals surface area contributed by atoms with Crippen LogP contribution in [-0.4, -0.2) is 28.4 Å². The number of hydrogen-bond acceptors (Lipinski definition) is 5. The molecule has 0 aliphatic rings. The molecule has 1 N–H and O–H groups in total. The lowest BCUT2D eigenvalue weighted by Crippen LogP contribution is -2.16. The minimum Gasteiger partial charge on any atom is -0.480 e. The number of aryl methyl sites for hydroxylation is 1. The van der Waals surface area contributed by atoms with Crippen molar-refractivity contribution in [2.45, 2.75) is 30.5 Å². The van der Waals surface area contributed by atoms with Gasteiger partial charge in [-0.25, -0.2) is 12.8 Å². The van der Waals surface area contributed by atoms with Gasteiger partial charge in [-0.15, -0.1) is 0 Å². The molecule has 0 spiro atoms. The molecule has 6 nitrogen and oxygen atoms in total. The smallest absolute Gasteiger partial charge is 0.323 e. The van der Waals surface area contributed by atoms with E-state index in [1.54, 1.807) is 38.1 Å². The summed E-state index contributed by atoms with van der Waals surface area (Å²) < 4.78 is 47.6. The summed E-state index contributed by atoms with van der Waals surface area (Å²) in [4.78, 5) is 12.1. The molecule has 0 aliphatic heterocycles. The predicted octanol–water partition coefficient (Wildman–Crippen LogP) is 4.50. The van der Waals surface area contributed by atoms with Crippen molar-refractivity contribution in [3.8, 4) is 0 Å². The first kappa shape index (κ1) is 21.2. The molecule has 0 aliphatic carbocycles. The average Bonchev–Trinajstić information content (AvgIpc) is 3.25. The molecule has 2 heterocycles. The summed E-state index contributed by atoms with van der Waals surface area (Å²) in [6.45, 7) is 3.07. The van der Waals surface area contributed by atoms with E-state index in [9.17, 15) is 22.7 Å². The summed E-state index contributed by atoms with van der Waals surface area (Å²) in [7, 11) is -3.95. The number of rotatable bonds is 6. The van der Waals surface area contributed by atoms with Crippen molar-refractivity contribution in [1.29, 1.82) is 0 Å². The van der Waals surface area contributed by atoms with Crippen LogP contribution < -0.4 is 0 Å². The van der Waals surface area contributed by atoms with Gasteiger partial charge >= 0.3 is 5.97 Å². The number of aliphatic carboxylic acids is 1. The molecule has 31 heavy (non-hydrogen) atoms. The molecule has 0 amide bonds. The van der Waals surface area contributed by atoms with Crippen molar-refractivity contribution in [3.63, 3.8) is 0 Å². The van der Waals surface area contributed by atoms with Crippen molar-refractivity contribution in [2.24, 2.45) is 0 Å². The quantitative estimate of drug-likeness (QED) is 0.459. The van der Waals surface area contributed by atoms with Gasteiger partial charge in [-0.2, -0.15) is 4.37 Å². The fourth-order valence-corrected chi connectivity index (χ4v) is 6.89. The highest BCUT2D eigenvalue weighted by molar-refractivity contribution is 7.92. The van der Waals surface area contributed by atoms with Crippen LogP contribution >= 0.6 is 11.5 Å². The zero-order valence-electron chi connectivity index (χ0n) is 16.7. The number of nitrogens with zero attached hydrogens (tertiary/aromatic N) is 2. The number of halogens is 1. The van der Waals surface area contributed by atoms with Crippen molar-refractivity contribution in [2.75, 3.05) is 0 Å². The Kier molecular flexibility index (Phi) is 5.40. The third-order valence-electron chi connectivity index (χ3n) is 5.18. The van der Waals surface area contributed by atoms with Crippen LogP contribution in [0.25, 0.3) is 10.9 Å². The fourth-order valence-electron chi connectivity index (χ4n) is 3.85. The number of carbonyl (C=O) groups is 1. The summed E-state index contributed by atoms with van der Waals surface area (Å²) in [5.74, 6) is -1.61. The van der Waals surface area contributed by atoms with Crippen LogP contribution in [0.5, 0.6) is 0 Å². The van der Waals surface area contributed by atoms with Gasteiger partial charge in [-0.3, -0.25) is 4.79 Å².